The number of aromatic amines is 1. The Labute approximate surface area is 179 Å². The van der Waals surface area contributed by atoms with Crippen LogP contribution < -0.4 is 15.5 Å². The first-order valence-electron chi connectivity index (χ1n) is 10.2. The minimum Gasteiger partial charge on any atom is -0.368 e. The first-order valence-corrected chi connectivity index (χ1v) is 10.5. The number of aromatic nitrogens is 5. The van der Waals surface area contributed by atoms with Crippen molar-refractivity contribution in [1.82, 2.24) is 30.1 Å². The maximum absolute atomic E-state index is 6.72. The van der Waals surface area contributed by atoms with E-state index >= 15 is 0 Å². The fourth-order valence-electron chi connectivity index (χ4n) is 4.33. The van der Waals surface area contributed by atoms with Gasteiger partial charge in [-0.15, -0.1) is 5.10 Å². The van der Waals surface area contributed by atoms with Crippen LogP contribution in [0.1, 0.15) is 25.1 Å². The average Bonchev–Trinajstić information content (AvgIpc) is 3.24. The van der Waals surface area contributed by atoms with E-state index in [1.54, 1.807) is 4.52 Å². The molecule has 0 aliphatic carbocycles. The van der Waals surface area contributed by atoms with Crippen molar-refractivity contribution >= 4 is 45.5 Å². The fraction of sp³-hybridized carbons (Fsp3) is 0.381. The zero-order chi connectivity index (χ0) is 21.0. The van der Waals surface area contributed by atoms with Crippen LogP contribution in [-0.2, 0) is 0 Å². The van der Waals surface area contributed by atoms with E-state index in [9.17, 15) is 0 Å². The monoisotopic (exact) mass is 424 g/mol. The summed E-state index contributed by atoms with van der Waals surface area (Å²) in [6.07, 6.45) is 1.91. The van der Waals surface area contributed by atoms with Crippen molar-refractivity contribution in [1.29, 1.82) is 0 Å². The predicted octanol–water partition coefficient (Wildman–Crippen LogP) is 3.81. The minimum absolute atomic E-state index is 0.429. The van der Waals surface area contributed by atoms with E-state index in [0.29, 0.717) is 28.7 Å². The second kappa shape index (κ2) is 7.14. The fourth-order valence-corrected chi connectivity index (χ4v) is 4.63. The number of nitrogens with zero attached hydrogens (tertiary/aromatic N) is 5. The van der Waals surface area contributed by atoms with E-state index in [0.717, 1.165) is 46.6 Å². The predicted molar refractivity (Wildman–Crippen MR) is 121 cm³/mol. The summed E-state index contributed by atoms with van der Waals surface area (Å²) >= 11 is 6.72. The van der Waals surface area contributed by atoms with Crippen LogP contribution in [-0.4, -0.2) is 50.0 Å². The largest absolute Gasteiger partial charge is 0.368 e. The summed E-state index contributed by atoms with van der Waals surface area (Å²) < 4.78 is 1.79. The minimum atomic E-state index is 0.429. The third-order valence-electron chi connectivity index (χ3n) is 5.50. The lowest BCUT2D eigenvalue weighted by molar-refractivity contribution is 0.407. The first-order chi connectivity index (χ1) is 14.4. The van der Waals surface area contributed by atoms with E-state index < -0.39 is 0 Å². The molecule has 4 aromatic rings. The van der Waals surface area contributed by atoms with Crippen molar-refractivity contribution in [3.63, 3.8) is 0 Å². The molecule has 1 aliphatic rings. The van der Waals surface area contributed by atoms with E-state index in [4.69, 9.17) is 11.6 Å². The molecule has 0 bridgehead atoms. The van der Waals surface area contributed by atoms with Crippen LogP contribution in [0.4, 0.5) is 17.3 Å². The summed E-state index contributed by atoms with van der Waals surface area (Å²) in [5, 5.41) is 20.6. The molecule has 0 unspecified atom stereocenters. The molecule has 1 fully saturated rings. The van der Waals surface area contributed by atoms with Crippen molar-refractivity contribution in [2.75, 3.05) is 23.3 Å². The van der Waals surface area contributed by atoms with Gasteiger partial charge < -0.3 is 15.5 Å². The van der Waals surface area contributed by atoms with Gasteiger partial charge in [0, 0.05) is 30.9 Å². The maximum Gasteiger partial charge on any atom is 0.162 e. The molecule has 0 spiro atoms. The third kappa shape index (κ3) is 3.36. The van der Waals surface area contributed by atoms with Crippen molar-refractivity contribution in [2.45, 2.75) is 39.8 Å². The molecule has 1 aromatic carbocycles. The van der Waals surface area contributed by atoms with E-state index in [-0.39, 0.29) is 0 Å². The van der Waals surface area contributed by atoms with Gasteiger partial charge in [-0.1, -0.05) is 11.6 Å². The summed E-state index contributed by atoms with van der Waals surface area (Å²) in [7, 11) is 0. The van der Waals surface area contributed by atoms with Crippen LogP contribution in [0.3, 0.4) is 0 Å². The van der Waals surface area contributed by atoms with Crippen molar-refractivity contribution < 1.29 is 0 Å². The number of rotatable bonds is 3. The Balaban J connectivity index is 1.49. The standard InChI is InChI=1S/C21H25ClN8/c1-11-5-18(28-30-10-14(4)24-21(11)30)25-20-19-16(22)6-15(7-17(19)26-27-20)29-8-12(2)23-13(3)9-29/h5-7,10,12-13,23H,8-9H2,1-4H3,(H2,25,26,27,28)/t12-,13-/m0/s1. The lowest BCUT2D eigenvalue weighted by atomic mass is 10.1. The summed E-state index contributed by atoms with van der Waals surface area (Å²) in [6, 6.07) is 6.96. The highest BCUT2D eigenvalue weighted by molar-refractivity contribution is 6.36. The van der Waals surface area contributed by atoms with Crippen LogP contribution in [0.5, 0.6) is 0 Å². The number of H-pyrrole nitrogens is 1. The molecule has 0 amide bonds. The number of aryl methyl sites for hydroxylation is 2. The normalized spacial score (nSPS) is 19.7. The first kappa shape index (κ1) is 19.1. The number of hydrogen-bond donors (Lipinski definition) is 3. The van der Waals surface area contributed by atoms with Crippen molar-refractivity contribution in [3.8, 4) is 0 Å². The molecule has 4 heterocycles. The molecule has 1 aliphatic heterocycles. The molecule has 5 rings (SSSR count). The van der Waals surface area contributed by atoms with Crippen LogP contribution in [0.15, 0.2) is 24.4 Å². The van der Waals surface area contributed by atoms with Gasteiger partial charge in [0.05, 0.1) is 27.8 Å². The number of hydrogen-bond acceptors (Lipinski definition) is 6. The van der Waals surface area contributed by atoms with Crippen LogP contribution in [0, 0.1) is 13.8 Å². The topological polar surface area (TPSA) is 86.2 Å². The molecule has 2 atom stereocenters. The van der Waals surface area contributed by atoms with E-state index in [1.807, 2.05) is 32.2 Å². The molecule has 1 saturated heterocycles. The molecule has 9 heteroatoms. The van der Waals surface area contributed by atoms with Gasteiger partial charge in [0.2, 0.25) is 0 Å². The van der Waals surface area contributed by atoms with Crippen molar-refractivity contribution in [2.24, 2.45) is 0 Å². The second-order valence-electron chi connectivity index (χ2n) is 8.28. The van der Waals surface area contributed by atoms with E-state index in [2.05, 4.69) is 55.7 Å². The molecule has 3 N–H and O–H groups in total. The number of benzene rings is 1. The Morgan fingerprint density at radius 3 is 2.67 bits per heavy atom. The molecule has 30 heavy (non-hydrogen) atoms. The number of nitrogens with one attached hydrogen (secondary N) is 3. The van der Waals surface area contributed by atoms with Gasteiger partial charge in [-0.2, -0.15) is 5.10 Å². The molecular formula is C21H25ClN8. The SMILES string of the molecule is Cc1cn2nc(Nc3n[nH]c4cc(N5C[C@H](C)N[C@@H](C)C5)cc(Cl)c34)cc(C)c2n1. The molecule has 0 saturated carbocycles. The summed E-state index contributed by atoms with van der Waals surface area (Å²) in [6.45, 7) is 10.3. The maximum atomic E-state index is 6.72. The summed E-state index contributed by atoms with van der Waals surface area (Å²) in [5.41, 5.74) is 4.82. The van der Waals surface area contributed by atoms with Gasteiger partial charge in [-0.3, -0.25) is 5.10 Å². The van der Waals surface area contributed by atoms with Gasteiger partial charge in [-0.05, 0) is 51.5 Å². The molecule has 3 aromatic heterocycles. The lowest BCUT2D eigenvalue weighted by Crippen LogP contribution is -2.54. The zero-order valence-corrected chi connectivity index (χ0v) is 18.2. The second-order valence-corrected chi connectivity index (χ2v) is 8.69. The Morgan fingerprint density at radius 1 is 1.13 bits per heavy atom. The van der Waals surface area contributed by atoms with Crippen LogP contribution in [0.25, 0.3) is 16.6 Å². The Bertz CT molecular complexity index is 1230. The Hall–Kier alpha value is -2.84. The molecule has 0 radical (unpaired) electrons. The van der Waals surface area contributed by atoms with Gasteiger partial charge >= 0.3 is 0 Å². The Morgan fingerprint density at radius 2 is 1.90 bits per heavy atom. The van der Waals surface area contributed by atoms with Gasteiger partial charge in [0.15, 0.2) is 17.3 Å². The molecule has 156 valence electrons. The third-order valence-corrected chi connectivity index (χ3v) is 5.80. The lowest BCUT2D eigenvalue weighted by Gasteiger charge is -2.37. The summed E-state index contributed by atoms with van der Waals surface area (Å²) in [4.78, 5) is 6.87. The van der Waals surface area contributed by atoms with Crippen LogP contribution >= 0.6 is 11.6 Å². The number of halogens is 1. The Kier molecular flexibility index (Phi) is 4.56. The van der Waals surface area contributed by atoms with E-state index in [1.165, 1.54) is 0 Å². The quantitative estimate of drug-likeness (QED) is 0.463. The number of fused-ring (bicyclic) bond motifs is 2. The number of anilines is 3. The van der Waals surface area contributed by atoms with Crippen molar-refractivity contribution in [3.05, 3.63) is 40.7 Å². The van der Waals surface area contributed by atoms with Gasteiger partial charge in [-0.25, -0.2) is 9.50 Å². The highest BCUT2D eigenvalue weighted by Crippen LogP contribution is 2.35. The number of imidazole rings is 1. The average molecular weight is 425 g/mol. The highest BCUT2D eigenvalue weighted by atomic mass is 35.5. The highest BCUT2D eigenvalue weighted by Gasteiger charge is 2.23. The van der Waals surface area contributed by atoms with Gasteiger partial charge in [0.1, 0.15) is 0 Å². The summed E-state index contributed by atoms with van der Waals surface area (Å²) in [5.74, 6) is 1.35. The number of piperazine rings is 1. The molecular weight excluding hydrogens is 400 g/mol. The zero-order valence-electron chi connectivity index (χ0n) is 17.5. The van der Waals surface area contributed by atoms with Gasteiger partial charge in [0.25, 0.3) is 0 Å². The molecule has 8 nitrogen and oxygen atoms in total. The smallest absolute Gasteiger partial charge is 0.162 e. The van der Waals surface area contributed by atoms with Crippen LogP contribution in [0.2, 0.25) is 5.02 Å².